The van der Waals surface area contributed by atoms with Crippen LogP contribution >= 0.6 is 11.8 Å². The predicted octanol–water partition coefficient (Wildman–Crippen LogP) is 3.59. The molecule has 1 heterocycles. The van der Waals surface area contributed by atoms with Crippen LogP contribution in [0.4, 0.5) is 0 Å². The minimum Gasteiger partial charge on any atom is -0.497 e. The minimum absolute atomic E-state index is 0.0848. The van der Waals surface area contributed by atoms with E-state index >= 15 is 0 Å². The summed E-state index contributed by atoms with van der Waals surface area (Å²) in [4.78, 5) is 27.6. The Kier molecular flexibility index (Phi) is 7.83. The van der Waals surface area contributed by atoms with Crippen molar-refractivity contribution in [3.63, 3.8) is 0 Å². The lowest BCUT2D eigenvalue weighted by Gasteiger charge is -2.30. The number of hydrogen-bond donors (Lipinski definition) is 0. The monoisotopic (exact) mass is 395 g/mol. The number of unbranched alkanes of at least 4 members (excludes halogenated alkanes) is 1. The molecule has 1 aliphatic heterocycles. The van der Waals surface area contributed by atoms with Crippen molar-refractivity contribution in [2.24, 2.45) is 5.92 Å². The fourth-order valence-electron chi connectivity index (χ4n) is 2.97. The zero-order chi connectivity index (χ0) is 20.0. The van der Waals surface area contributed by atoms with Crippen molar-refractivity contribution < 1.29 is 23.8 Å². The van der Waals surface area contributed by atoms with Gasteiger partial charge in [0.15, 0.2) is 0 Å². The summed E-state index contributed by atoms with van der Waals surface area (Å²) in [5, 5.41) is -0.0848. The van der Waals surface area contributed by atoms with Gasteiger partial charge in [0.1, 0.15) is 17.5 Å². The van der Waals surface area contributed by atoms with Gasteiger partial charge in [-0.3, -0.25) is 4.79 Å². The van der Waals surface area contributed by atoms with E-state index in [1.807, 2.05) is 6.92 Å². The molecule has 0 unspecified atom stereocenters. The lowest BCUT2D eigenvalue weighted by molar-refractivity contribution is -0.148. The van der Waals surface area contributed by atoms with Crippen molar-refractivity contribution in [1.29, 1.82) is 0 Å². The van der Waals surface area contributed by atoms with Crippen LogP contribution in [0.1, 0.15) is 44.0 Å². The maximum atomic E-state index is 13.3. The van der Waals surface area contributed by atoms with Gasteiger partial charge in [-0.2, -0.15) is 0 Å². The molecule has 0 N–H and O–H groups in total. The Bertz CT molecular complexity index is 642. The van der Waals surface area contributed by atoms with Crippen LogP contribution < -0.4 is 9.47 Å². The van der Waals surface area contributed by atoms with E-state index in [2.05, 4.69) is 13.8 Å². The fraction of sp³-hybridized carbons (Fsp3) is 0.600. The third-order valence-electron chi connectivity index (χ3n) is 4.45. The second kappa shape index (κ2) is 9.88. The number of methoxy groups -OCH3 is 2. The summed E-state index contributed by atoms with van der Waals surface area (Å²) in [7, 11) is 3.08. The first-order valence-electron chi connectivity index (χ1n) is 9.26. The van der Waals surface area contributed by atoms with E-state index in [9.17, 15) is 9.59 Å². The highest BCUT2D eigenvalue weighted by Gasteiger charge is 2.44. The molecule has 0 aliphatic carbocycles. The molecular weight excluding hydrogens is 366 g/mol. The smallest absolute Gasteiger partial charge is 0.329 e. The van der Waals surface area contributed by atoms with Gasteiger partial charge in [-0.25, -0.2) is 4.79 Å². The van der Waals surface area contributed by atoms with Gasteiger partial charge in [0.2, 0.25) is 0 Å². The van der Waals surface area contributed by atoms with E-state index < -0.39 is 6.04 Å². The maximum absolute atomic E-state index is 13.3. The maximum Gasteiger partial charge on any atom is 0.329 e. The number of ether oxygens (including phenoxy) is 3. The Morgan fingerprint density at radius 3 is 2.33 bits per heavy atom. The van der Waals surface area contributed by atoms with Crippen LogP contribution in [0.25, 0.3) is 0 Å². The van der Waals surface area contributed by atoms with E-state index in [-0.39, 0.29) is 23.2 Å². The molecule has 2 rings (SSSR count). The van der Waals surface area contributed by atoms with Crippen LogP contribution in [0.2, 0.25) is 0 Å². The Morgan fingerprint density at radius 2 is 1.81 bits per heavy atom. The fourth-order valence-corrected chi connectivity index (χ4v) is 4.44. The van der Waals surface area contributed by atoms with Crippen molar-refractivity contribution in [3.05, 3.63) is 23.8 Å². The molecule has 1 saturated heterocycles. The summed E-state index contributed by atoms with van der Waals surface area (Å²) in [6.45, 7) is 6.53. The summed E-state index contributed by atoms with van der Waals surface area (Å²) in [6, 6.07) is 4.48. The number of nitrogens with zero attached hydrogens (tertiary/aromatic N) is 1. The summed E-state index contributed by atoms with van der Waals surface area (Å²) >= 11 is 1.62. The van der Waals surface area contributed by atoms with Crippen molar-refractivity contribution in [2.75, 3.05) is 26.6 Å². The largest absolute Gasteiger partial charge is 0.497 e. The molecule has 0 saturated carbocycles. The molecule has 1 aromatic carbocycles. The van der Waals surface area contributed by atoms with Crippen molar-refractivity contribution >= 4 is 23.6 Å². The molecule has 0 aromatic heterocycles. The predicted molar refractivity (Wildman–Crippen MR) is 106 cm³/mol. The van der Waals surface area contributed by atoms with Crippen LogP contribution in [0.3, 0.4) is 0 Å². The molecule has 1 aliphatic rings. The third kappa shape index (κ3) is 5.09. The zero-order valence-electron chi connectivity index (χ0n) is 16.7. The molecule has 150 valence electrons. The second-order valence-corrected chi connectivity index (χ2v) is 7.97. The summed E-state index contributed by atoms with van der Waals surface area (Å²) in [5.41, 5.74) is 0.436. The molecule has 1 fully saturated rings. The van der Waals surface area contributed by atoms with E-state index in [0.29, 0.717) is 29.4 Å². The standard InChI is InChI=1S/C20H29NO5S/c1-6-7-8-26-20(23)17-12-27-19(13(2)3)21(17)18(22)14-9-15(24-4)11-16(10-14)25-5/h9-11,13,17,19H,6-8,12H2,1-5H3/t17-,19+/m0/s1. The van der Waals surface area contributed by atoms with E-state index in [4.69, 9.17) is 14.2 Å². The van der Waals surface area contributed by atoms with Crippen molar-refractivity contribution in [3.8, 4) is 11.5 Å². The normalized spacial score (nSPS) is 19.3. The van der Waals surface area contributed by atoms with Crippen LogP contribution in [-0.4, -0.2) is 54.8 Å². The van der Waals surface area contributed by atoms with Crippen LogP contribution in [0.5, 0.6) is 11.5 Å². The Morgan fingerprint density at radius 1 is 1.19 bits per heavy atom. The first-order chi connectivity index (χ1) is 12.9. The summed E-state index contributed by atoms with van der Waals surface area (Å²) in [5.74, 6) is 1.27. The average molecular weight is 396 g/mol. The molecule has 1 aromatic rings. The first-order valence-corrected chi connectivity index (χ1v) is 10.3. The quantitative estimate of drug-likeness (QED) is 0.495. The number of amides is 1. The number of thioether (sulfide) groups is 1. The highest BCUT2D eigenvalue weighted by atomic mass is 32.2. The summed E-state index contributed by atoms with van der Waals surface area (Å²) in [6.07, 6.45) is 1.77. The molecule has 0 spiro atoms. The van der Waals surface area contributed by atoms with Crippen molar-refractivity contribution in [2.45, 2.75) is 45.0 Å². The Balaban J connectivity index is 2.31. The van der Waals surface area contributed by atoms with Gasteiger partial charge >= 0.3 is 5.97 Å². The zero-order valence-corrected chi connectivity index (χ0v) is 17.5. The lowest BCUT2D eigenvalue weighted by Crippen LogP contribution is -2.47. The molecule has 6 nitrogen and oxygen atoms in total. The SMILES string of the molecule is CCCCOC(=O)[C@@H]1CS[C@H](C(C)C)N1C(=O)c1cc(OC)cc(OC)c1. The third-order valence-corrected chi connectivity index (χ3v) is 6.07. The van der Waals surface area contributed by atoms with Crippen LogP contribution in [-0.2, 0) is 9.53 Å². The van der Waals surface area contributed by atoms with Gasteiger partial charge < -0.3 is 19.1 Å². The molecule has 0 bridgehead atoms. The number of esters is 1. The van der Waals surface area contributed by atoms with E-state index in [1.54, 1.807) is 49.1 Å². The molecule has 1 amide bonds. The molecule has 0 radical (unpaired) electrons. The van der Waals surface area contributed by atoms with Gasteiger partial charge in [0.05, 0.1) is 26.2 Å². The molecule has 7 heteroatoms. The van der Waals surface area contributed by atoms with Gasteiger partial charge in [-0.05, 0) is 24.5 Å². The first kappa shape index (κ1) is 21.4. The highest BCUT2D eigenvalue weighted by molar-refractivity contribution is 8.00. The topological polar surface area (TPSA) is 65.1 Å². The van der Waals surface area contributed by atoms with Gasteiger partial charge in [0.25, 0.3) is 5.91 Å². The Labute approximate surface area is 165 Å². The minimum atomic E-state index is -0.580. The highest BCUT2D eigenvalue weighted by Crippen LogP contribution is 2.36. The molecule has 27 heavy (non-hydrogen) atoms. The number of rotatable bonds is 8. The number of benzene rings is 1. The lowest BCUT2D eigenvalue weighted by atomic mass is 10.1. The molecular formula is C20H29NO5S. The molecule has 2 atom stereocenters. The summed E-state index contributed by atoms with van der Waals surface area (Å²) < 4.78 is 16.0. The number of hydrogen-bond acceptors (Lipinski definition) is 6. The number of carbonyl (C=O) groups excluding carboxylic acids is 2. The van der Waals surface area contributed by atoms with E-state index in [0.717, 1.165) is 12.8 Å². The van der Waals surface area contributed by atoms with Crippen LogP contribution in [0.15, 0.2) is 18.2 Å². The van der Waals surface area contributed by atoms with Crippen LogP contribution in [0, 0.1) is 5.92 Å². The van der Waals surface area contributed by atoms with Gasteiger partial charge in [0, 0.05) is 17.4 Å². The second-order valence-electron chi connectivity index (χ2n) is 6.82. The van der Waals surface area contributed by atoms with Gasteiger partial charge in [-0.15, -0.1) is 11.8 Å². The van der Waals surface area contributed by atoms with Gasteiger partial charge in [-0.1, -0.05) is 27.2 Å². The number of carbonyl (C=O) groups is 2. The van der Waals surface area contributed by atoms with E-state index in [1.165, 1.54) is 0 Å². The van der Waals surface area contributed by atoms with Crippen molar-refractivity contribution in [1.82, 2.24) is 4.90 Å². The Hall–Kier alpha value is -1.89. The average Bonchev–Trinajstić information content (AvgIpc) is 3.12.